The summed E-state index contributed by atoms with van der Waals surface area (Å²) in [5.41, 5.74) is -0.384. The molecule has 0 radical (unpaired) electrons. The van der Waals surface area contributed by atoms with E-state index in [4.69, 9.17) is 0 Å². The molecule has 2 fully saturated rings. The average molecular weight is 325 g/mol. The predicted molar refractivity (Wildman–Crippen MR) is 87.4 cm³/mol. The zero-order chi connectivity index (χ0) is 17.2. The Morgan fingerprint density at radius 1 is 1.22 bits per heavy atom. The lowest BCUT2D eigenvalue weighted by atomic mass is 9.78. The van der Waals surface area contributed by atoms with E-state index in [-0.39, 0.29) is 29.8 Å². The molecule has 23 heavy (non-hydrogen) atoms. The molecule has 2 aliphatic rings. The van der Waals surface area contributed by atoms with Crippen LogP contribution in [0.4, 0.5) is 0 Å². The van der Waals surface area contributed by atoms with Gasteiger partial charge < -0.3 is 25.2 Å². The number of hydrogen-bond donors (Lipinski definition) is 3. The minimum atomic E-state index is -1.48. The number of nitrogens with zero attached hydrogens (tertiary/aromatic N) is 2. The van der Waals surface area contributed by atoms with Crippen LogP contribution in [0.5, 0.6) is 0 Å². The molecule has 0 aromatic carbocycles. The first-order valence-electron chi connectivity index (χ1n) is 8.38. The van der Waals surface area contributed by atoms with Crippen molar-refractivity contribution in [3.8, 4) is 0 Å². The zero-order valence-corrected chi connectivity index (χ0v) is 14.3. The predicted octanol–water partition coefficient (Wildman–Crippen LogP) is -0.774. The molecule has 8 heteroatoms. The topological polar surface area (TPSA) is 93.1 Å². The number of nitrogens with one attached hydrogen (secondary N) is 1. The van der Waals surface area contributed by atoms with Gasteiger partial charge in [0.15, 0.2) is 0 Å². The highest BCUT2D eigenvalue weighted by Crippen LogP contribution is 2.21. The van der Waals surface area contributed by atoms with E-state index in [9.17, 15) is 19.6 Å². The molecule has 3 N–H and O–H groups in total. The van der Waals surface area contributed by atoms with Crippen molar-refractivity contribution in [1.82, 2.24) is 15.1 Å². The van der Waals surface area contributed by atoms with Gasteiger partial charge in [-0.25, -0.2) is 0 Å². The first kappa shape index (κ1) is 18.2. The summed E-state index contributed by atoms with van der Waals surface area (Å²) in [6, 6.07) is 0.116. The van der Waals surface area contributed by atoms with Gasteiger partial charge in [0.05, 0.1) is 12.5 Å². The van der Waals surface area contributed by atoms with Crippen molar-refractivity contribution in [2.24, 2.45) is 5.41 Å². The van der Waals surface area contributed by atoms with Gasteiger partial charge in [-0.3, -0.25) is 9.59 Å². The van der Waals surface area contributed by atoms with E-state index in [1.165, 1.54) is 0 Å². The maximum absolute atomic E-state index is 12.3. The average Bonchev–Trinajstić information content (AvgIpc) is 3.11. The summed E-state index contributed by atoms with van der Waals surface area (Å²) in [6.45, 7) is 7.81. The van der Waals surface area contributed by atoms with Crippen LogP contribution in [0.3, 0.4) is 0 Å². The van der Waals surface area contributed by atoms with E-state index in [1.807, 2.05) is 25.7 Å². The molecule has 2 saturated heterocycles. The molecule has 2 atom stereocenters. The molecule has 130 valence electrons. The minimum Gasteiger partial charge on any atom is -0.426 e. The summed E-state index contributed by atoms with van der Waals surface area (Å²) in [7, 11) is -1.48. The number of hydrogen-bond acceptors (Lipinski definition) is 5. The van der Waals surface area contributed by atoms with Crippen LogP contribution >= 0.6 is 0 Å². The monoisotopic (exact) mass is 325 g/mol. The highest BCUT2D eigenvalue weighted by molar-refractivity contribution is 6.43. The van der Waals surface area contributed by atoms with Crippen LogP contribution < -0.4 is 5.32 Å². The molecule has 2 rings (SSSR count). The number of amides is 2. The maximum Gasteiger partial charge on any atom is 0.475 e. The third-order valence-electron chi connectivity index (χ3n) is 4.62. The van der Waals surface area contributed by atoms with Crippen molar-refractivity contribution in [3.63, 3.8) is 0 Å². The smallest absolute Gasteiger partial charge is 0.426 e. The van der Waals surface area contributed by atoms with E-state index in [0.29, 0.717) is 26.1 Å². The Morgan fingerprint density at radius 3 is 2.52 bits per heavy atom. The summed E-state index contributed by atoms with van der Waals surface area (Å²) in [4.78, 5) is 27.9. The molecular formula is C15H28BN3O4. The van der Waals surface area contributed by atoms with Crippen LogP contribution in [0.2, 0.25) is 0 Å². The third kappa shape index (κ3) is 4.46. The van der Waals surface area contributed by atoms with Crippen LogP contribution in [0.25, 0.3) is 0 Å². The van der Waals surface area contributed by atoms with E-state index in [0.717, 1.165) is 12.8 Å². The van der Waals surface area contributed by atoms with Crippen molar-refractivity contribution in [3.05, 3.63) is 0 Å². The van der Waals surface area contributed by atoms with Gasteiger partial charge in [0.2, 0.25) is 11.8 Å². The maximum atomic E-state index is 12.3. The molecule has 0 aromatic rings. The Bertz CT molecular complexity index is 452. The second-order valence-corrected chi connectivity index (χ2v) is 7.58. The van der Waals surface area contributed by atoms with Gasteiger partial charge in [0, 0.05) is 31.1 Å². The Hall–Kier alpha value is -1.12. The van der Waals surface area contributed by atoms with Crippen LogP contribution in [-0.2, 0) is 9.59 Å². The van der Waals surface area contributed by atoms with Crippen LogP contribution in [0, 0.1) is 5.41 Å². The van der Waals surface area contributed by atoms with Crippen molar-refractivity contribution in [2.75, 3.05) is 26.2 Å². The van der Waals surface area contributed by atoms with E-state index in [2.05, 4.69) is 5.32 Å². The van der Waals surface area contributed by atoms with Gasteiger partial charge in [0.25, 0.3) is 0 Å². The van der Waals surface area contributed by atoms with Crippen molar-refractivity contribution >= 4 is 18.9 Å². The number of rotatable bonds is 4. The Morgan fingerprint density at radius 2 is 1.91 bits per heavy atom. The summed E-state index contributed by atoms with van der Waals surface area (Å²) < 4.78 is 0. The van der Waals surface area contributed by atoms with Crippen LogP contribution in [0.1, 0.15) is 40.0 Å². The molecule has 0 saturated carbocycles. The highest BCUT2D eigenvalue weighted by atomic mass is 16.4. The molecular weight excluding hydrogens is 297 g/mol. The number of likely N-dealkylation sites (tertiary alicyclic amines) is 2. The molecule has 2 aliphatic heterocycles. The summed E-state index contributed by atoms with van der Waals surface area (Å²) in [6.07, 6.45) is 2.26. The fourth-order valence-corrected chi connectivity index (χ4v) is 3.33. The van der Waals surface area contributed by atoms with Crippen LogP contribution in [0.15, 0.2) is 0 Å². The standard InChI is InChI=1S/C15H28BN3O4/c1-15(2,3)14(21)18-8-6-11(10-18)17-9-13(20)19-7-4-5-12(19)16(22)23/h11-12,17,22-23H,4-10H2,1-3H3/t11-,12-/m0/s1. The number of carbonyl (C=O) groups is 2. The van der Waals surface area contributed by atoms with Crippen molar-refractivity contribution < 1.29 is 19.6 Å². The minimum absolute atomic E-state index is 0.110. The largest absolute Gasteiger partial charge is 0.475 e. The summed E-state index contributed by atoms with van der Waals surface area (Å²) in [5, 5.41) is 21.8. The van der Waals surface area contributed by atoms with Gasteiger partial charge in [-0.15, -0.1) is 0 Å². The molecule has 0 aliphatic carbocycles. The van der Waals surface area contributed by atoms with Crippen LogP contribution in [-0.4, -0.2) is 76.9 Å². The fraction of sp³-hybridized carbons (Fsp3) is 0.867. The SMILES string of the molecule is CC(C)(C)C(=O)N1CC[C@H](NCC(=O)N2CCC[C@H]2B(O)O)C1. The first-order valence-corrected chi connectivity index (χ1v) is 8.38. The normalized spacial score (nSPS) is 25.1. The van der Waals surface area contributed by atoms with Crippen molar-refractivity contribution in [1.29, 1.82) is 0 Å². The van der Waals surface area contributed by atoms with Gasteiger partial charge in [-0.05, 0) is 19.3 Å². The van der Waals surface area contributed by atoms with Gasteiger partial charge in [-0.1, -0.05) is 20.8 Å². The van der Waals surface area contributed by atoms with Crippen molar-refractivity contribution in [2.45, 2.75) is 52.0 Å². The molecule has 2 amide bonds. The quantitative estimate of drug-likeness (QED) is 0.590. The fourth-order valence-electron chi connectivity index (χ4n) is 3.33. The molecule has 7 nitrogen and oxygen atoms in total. The summed E-state index contributed by atoms with van der Waals surface area (Å²) >= 11 is 0. The molecule has 0 unspecified atom stereocenters. The molecule has 0 aromatic heterocycles. The van der Waals surface area contributed by atoms with Gasteiger partial charge in [0.1, 0.15) is 0 Å². The third-order valence-corrected chi connectivity index (χ3v) is 4.62. The molecule has 2 heterocycles. The van der Waals surface area contributed by atoms with E-state index >= 15 is 0 Å². The zero-order valence-electron chi connectivity index (χ0n) is 14.3. The Balaban J connectivity index is 1.79. The lowest BCUT2D eigenvalue weighted by molar-refractivity contribution is -0.138. The second-order valence-electron chi connectivity index (χ2n) is 7.58. The molecule has 0 bridgehead atoms. The lowest BCUT2D eigenvalue weighted by Crippen LogP contribution is -2.49. The number of carbonyl (C=O) groups excluding carboxylic acids is 2. The first-order chi connectivity index (χ1) is 10.7. The second kappa shape index (κ2) is 7.19. The molecule has 0 spiro atoms. The van der Waals surface area contributed by atoms with Gasteiger partial charge >= 0.3 is 7.12 Å². The van der Waals surface area contributed by atoms with Gasteiger partial charge in [-0.2, -0.15) is 0 Å². The Kier molecular flexibility index (Phi) is 5.70. The lowest BCUT2D eigenvalue weighted by Gasteiger charge is -2.26. The van der Waals surface area contributed by atoms with E-state index in [1.54, 1.807) is 4.90 Å². The van der Waals surface area contributed by atoms with E-state index < -0.39 is 13.1 Å². The Labute approximate surface area is 138 Å². The summed E-state index contributed by atoms with van der Waals surface area (Å²) in [5.74, 6) is -0.468. The highest BCUT2D eigenvalue weighted by Gasteiger charge is 2.37.